The maximum absolute atomic E-state index is 7.73. The van der Waals surface area contributed by atoms with E-state index >= 15 is 0 Å². The minimum absolute atomic E-state index is 0. The molecule has 0 amide bonds. The van der Waals surface area contributed by atoms with Crippen LogP contribution in [0.15, 0.2) is 29.3 Å². The van der Waals surface area contributed by atoms with Crippen LogP contribution in [0, 0.1) is 5.41 Å². The zero-order valence-electron chi connectivity index (χ0n) is 8.68. The smallest absolute Gasteiger partial charge is 0.225 e. The van der Waals surface area contributed by atoms with Gasteiger partial charge in [-0.1, -0.05) is 18.2 Å². The fourth-order valence-corrected chi connectivity index (χ4v) is 1.74. The van der Waals surface area contributed by atoms with Gasteiger partial charge < -0.3 is 16.4 Å². The maximum atomic E-state index is 7.73. The molecule has 2 rings (SSSR count). The lowest BCUT2D eigenvalue weighted by Crippen LogP contribution is -2.31. The third-order valence-corrected chi connectivity index (χ3v) is 2.38. The molecule has 0 aromatic heterocycles. The van der Waals surface area contributed by atoms with Crippen molar-refractivity contribution in [2.24, 2.45) is 16.5 Å². The molecule has 0 radical (unpaired) electrons. The van der Waals surface area contributed by atoms with Crippen molar-refractivity contribution in [2.45, 2.75) is 6.42 Å². The number of halogens is 1. The van der Waals surface area contributed by atoms with Gasteiger partial charge in [-0.3, -0.25) is 5.41 Å². The third-order valence-electron chi connectivity index (χ3n) is 2.38. The SMILES string of the molecule is Cl.N=C(N=C(N)N)N1CCc2ccccc21. The predicted octanol–water partition coefficient (Wildman–Crippen LogP) is 0.679. The molecule has 0 atom stereocenters. The Hall–Kier alpha value is -1.75. The van der Waals surface area contributed by atoms with E-state index < -0.39 is 0 Å². The summed E-state index contributed by atoms with van der Waals surface area (Å²) in [4.78, 5) is 5.54. The summed E-state index contributed by atoms with van der Waals surface area (Å²) in [6.07, 6.45) is 0.929. The van der Waals surface area contributed by atoms with Gasteiger partial charge in [-0.05, 0) is 18.1 Å². The molecule has 6 heteroatoms. The number of fused-ring (bicyclic) bond motifs is 1. The Balaban J connectivity index is 0.00000128. The number of hydrogen-bond acceptors (Lipinski definition) is 1. The summed E-state index contributed by atoms with van der Waals surface area (Å²) in [6.45, 7) is 0.759. The Labute approximate surface area is 100 Å². The first-order chi connectivity index (χ1) is 7.18. The van der Waals surface area contributed by atoms with Gasteiger partial charge in [-0.25, -0.2) is 0 Å². The summed E-state index contributed by atoms with van der Waals surface area (Å²) in [5.74, 6) is 0.0179. The van der Waals surface area contributed by atoms with E-state index in [-0.39, 0.29) is 24.3 Å². The molecule has 0 aliphatic carbocycles. The van der Waals surface area contributed by atoms with Crippen molar-refractivity contribution in [1.82, 2.24) is 0 Å². The highest BCUT2D eigenvalue weighted by molar-refractivity contribution is 6.02. The average molecular weight is 240 g/mol. The summed E-state index contributed by atoms with van der Waals surface area (Å²) in [7, 11) is 0. The second kappa shape index (κ2) is 4.85. The number of anilines is 1. The first-order valence-corrected chi connectivity index (χ1v) is 4.72. The minimum atomic E-state index is -0.0793. The highest BCUT2D eigenvalue weighted by Gasteiger charge is 2.21. The summed E-state index contributed by atoms with van der Waals surface area (Å²) in [5.41, 5.74) is 12.7. The highest BCUT2D eigenvalue weighted by Crippen LogP contribution is 2.27. The van der Waals surface area contributed by atoms with Crippen LogP contribution in [0.25, 0.3) is 0 Å². The number of rotatable bonds is 0. The van der Waals surface area contributed by atoms with E-state index in [4.69, 9.17) is 16.9 Å². The van der Waals surface area contributed by atoms with Gasteiger partial charge in [-0.15, -0.1) is 12.4 Å². The quantitative estimate of drug-likeness (QED) is 0.459. The van der Waals surface area contributed by atoms with E-state index in [2.05, 4.69) is 11.1 Å². The van der Waals surface area contributed by atoms with Crippen LogP contribution in [0.2, 0.25) is 0 Å². The Morgan fingerprint density at radius 1 is 1.31 bits per heavy atom. The second-order valence-electron chi connectivity index (χ2n) is 3.39. The predicted molar refractivity (Wildman–Crippen MR) is 68.3 cm³/mol. The van der Waals surface area contributed by atoms with Crippen LogP contribution in [0.3, 0.4) is 0 Å². The largest absolute Gasteiger partial charge is 0.370 e. The summed E-state index contributed by atoms with van der Waals surface area (Å²) in [5, 5.41) is 7.73. The van der Waals surface area contributed by atoms with Crippen LogP contribution in [0.4, 0.5) is 5.69 Å². The lowest BCUT2D eigenvalue weighted by Gasteiger charge is -2.16. The van der Waals surface area contributed by atoms with Crippen LogP contribution in [0.1, 0.15) is 5.56 Å². The van der Waals surface area contributed by atoms with E-state index in [1.54, 1.807) is 4.90 Å². The summed E-state index contributed by atoms with van der Waals surface area (Å²) < 4.78 is 0. The Morgan fingerprint density at radius 3 is 2.69 bits per heavy atom. The van der Waals surface area contributed by atoms with Crippen molar-refractivity contribution < 1.29 is 0 Å². The van der Waals surface area contributed by atoms with Crippen LogP contribution in [-0.4, -0.2) is 18.5 Å². The van der Waals surface area contributed by atoms with Gasteiger partial charge in [0.25, 0.3) is 0 Å². The highest BCUT2D eigenvalue weighted by atomic mass is 35.5. The lowest BCUT2D eigenvalue weighted by molar-refractivity contribution is 1.00. The molecule has 0 fully saturated rings. The first kappa shape index (κ1) is 12.3. The lowest BCUT2D eigenvalue weighted by atomic mass is 10.2. The van der Waals surface area contributed by atoms with Crippen molar-refractivity contribution in [1.29, 1.82) is 5.41 Å². The van der Waals surface area contributed by atoms with E-state index in [1.165, 1.54) is 5.56 Å². The van der Waals surface area contributed by atoms with Crippen molar-refractivity contribution in [2.75, 3.05) is 11.4 Å². The Bertz CT molecular complexity index is 425. The van der Waals surface area contributed by atoms with E-state index in [1.807, 2.05) is 18.2 Å². The molecular formula is C10H14ClN5. The number of para-hydroxylation sites is 1. The van der Waals surface area contributed by atoms with Crippen molar-refractivity contribution in [3.05, 3.63) is 29.8 Å². The molecule has 0 bridgehead atoms. The van der Waals surface area contributed by atoms with E-state index in [0.29, 0.717) is 0 Å². The van der Waals surface area contributed by atoms with Crippen molar-refractivity contribution in [3.8, 4) is 0 Å². The molecule has 1 aliphatic rings. The van der Waals surface area contributed by atoms with Crippen molar-refractivity contribution >= 4 is 30.0 Å². The molecular weight excluding hydrogens is 226 g/mol. The molecule has 0 unspecified atom stereocenters. The minimum Gasteiger partial charge on any atom is -0.370 e. The number of nitrogens with two attached hydrogens (primary N) is 2. The summed E-state index contributed by atoms with van der Waals surface area (Å²) in [6, 6.07) is 7.96. The number of aliphatic imine (C=N–C) groups is 1. The van der Waals surface area contributed by atoms with Crippen LogP contribution >= 0.6 is 12.4 Å². The topological polar surface area (TPSA) is 91.5 Å². The molecule has 0 spiro atoms. The van der Waals surface area contributed by atoms with Gasteiger partial charge in [0, 0.05) is 12.2 Å². The average Bonchev–Trinajstić information content (AvgIpc) is 2.59. The molecule has 5 N–H and O–H groups in total. The second-order valence-corrected chi connectivity index (χ2v) is 3.39. The van der Waals surface area contributed by atoms with Crippen LogP contribution < -0.4 is 16.4 Å². The molecule has 5 nitrogen and oxygen atoms in total. The third kappa shape index (κ3) is 2.25. The standard InChI is InChI=1S/C10H13N5.ClH/c11-9(12)14-10(13)15-6-5-7-3-1-2-4-8(7)15;/h1-4H,5-6H2,(H5,11,12,13,14);1H. The number of guanidine groups is 2. The van der Waals surface area contributed by atoms with Crippen LogP contribution in [0.5, 0.6) is 0 Å². The molecule has 1 aromatic carbocycles. The molecule has 1 aromatic rings. The van der Waals surface area contributed by atoms with Crippen molar-refractivity contribution in [3.63, 3.8) is 0 Å². The molecule has 1 heterocycles. The molecule has 16 heavy (non-hydrogen) atoms. The van der Waals surface area contributed by atoms with Gasteiger partial charge in [-0.2, -0.15) is 4.99 Å². The zero-order chi connectivity index (χ0) is 10.8. The Morgan fingerprint density at radius 2 is 2.00 bits per heavy atom. The zero-order valence-corrected chi connectivity index (χ0v) is 9.50. The number of hydrogen-bond donors (Lipinski definition) is 3. The number of benzene rings is 1. The Kier molecular flexibility index (Phi) is 3.73. The normalized spacial score (nSPS) is 12.6. The molecule has 0 saturated carbocycles. The van der Waals surface area contributed by atoms with Gasteiger partial charge in [0.15, 0.2) is 5.96 Å². The van der Waals surface area contributed by atoms with E-state index in [9.17, 15) is 0 Å². The fraction of sp³-hybridized carbons (Fsp3) is 0.200. The molecule has 1 aliphatic heterocycles. The molecule has 86 valence electrons. The maximum Gasteiger partial charge on any atom is 0.225 e. The van der Waals surface area contributed by atoms with Crippen LogP contribution in [-0.2, 0) is 6.42 Å². The van der Waals surface area contributed by atoms with E-state index in [0.717, 1.165) is 18.7 Å². The summed E-state index contributed by atoms with van der Waals surface area (Å²) >= 11 is 0. The number of nitrogens with one attached hydrogen (secondary N) is 1. The van der Waals surface area contributed by atoms with Gasteiger partial charge in [0.05, 0.1) is 0 Å². The first-order valence-electron chi connectivity index (χ1n) is 4.72. The van der Waals surface area contributed by atoms with Gasteiger partial charge >= 0.3 is 0 Å². The van der Waals surface area contributed by atoms with Gasteiger partial charge in [0.1, 0.15) is 0 Å². The monoisotopic (exact) mass is 239 g/mol. The molecule has 0 saturated heterocycles. The van der Waals surface area contributed by atoms with Gasteiger partial charge in [0.2, 0.25) is 5.96 Å². The fourth-order valence-electron chi connectivity index (χ4n) is 1.74. The number of nitrogens with zero attached hydrogens (tertiary/aromatic N) is 2.